The average Bonchev–Trinajstić information content (AvgIpc) is 2.77. The zero-order valence-electron chi connectivity index (χ0n) is 16.3. The van der Waals surface area contributed by atoms with Gasteiger partial charge in [-0.15, -0.1) is 0 Å². The van der Waals surface area contributed by atoms with E-state index in [0.29, 0.717) is 0 Å². The monoisotopic (exact) mass is 344 g/mol. The van der Waals surface area contributed by atoms with Gasteiger partial charge < -0.3 is 9.31 Å². The fourth-order valence-electron chi connectivity index (χ4n) is 4.55. The van der Waals surface area contributed by atoms with Crippen LogP contribution in [0.1, 0.15) is 59.8 Å². The number of benzene rings is 1. The van der Waals surface area contributed by atoms with Crippen LogP contribution in [0.2, 0.25) is 18.0 Å². The van der Waals surface area contributed by atoms with Gasteiger partial charge in [-0.05, 0) is 27.7 Å². The summed E-state index contributed by atoms with van der Waals surface area (Å²) in [5, 5.41) is 1.53. The third-order valence-corrected chi connectivity index (χ3v) is 12.2. The first-order valence-corrected chi connectivity index (χ1v) is 12.5. The second kappa shape index (κ2) is 6.00. The molecule has 0 radical (unpaired) electrons. The molecule has 0 atom stereocenters. The molecule has 0 spiro atoms. The summed E-state index contributed by atoms with van der Waals surface area (Å²) in [6.07, 6.45) is 6.41. The Bertz CT molecular complexity index is 561. The largest absolute Gasteiger partial charge is 0.461 e. The van der Waals surface area contributed by atoms with Crippen molar-refractivity contribution in [2.24, 2.45) is 0 Å². The lowest BCUT2D eigenvalue weighted by Crippen LogP contribution is -2.60. The maximum atomic E-state index is 6.63. The van der Waals surface area contributed by atoms with E-state index in [-0.39, 0.29) is 23.3 Å². The molecule has 4 heteroatoms. The molecule has 1 saturated heterocycles. The van der Waals surface area contributed by atoms with Crippen LogP contribution >= 0.6 is 0 Å². The summed E-state index contributed by atoms with van der Waals surface area (Å²) < 4.78 is 13.3. The number of hydrogen-bond acceptors (Lipinski definition) is 2. The van der Waals surface area contributed by atoms with Crippen LogP contribution in [-0.4, -0.2) is 26.4 Å². The number of rotatable bonds is 3. The standard InChI is InChI=1S/C20H33BO2Si/c1-18(2)19(3,4)23-21(22-18)20(15-11-8-12-16-20)24(5,6)17-13-9-7-10-14-17/h7,9-10,13-14H,8,11-12,15-16H2,1-6H3. The van der Waals surface area contributed by atoms with Crippen molar-refractivity contribution in [2.75, 3.05) is 0 Å². The molecule has 1 aromatic carbocycles. The van der Waals surface area contributed by atoms with Gasteiger partial charge in [-0.3, -0.25) is 0 Å². The van der Waals surface area contributed by atoms with Crippen molar-refractivity contribution in [1.29, 1.82) is 0 Å². The van der Waals surface area contributed by atoms with Crippen molar-refractivity contribution in [3.05, 3.63) is 30.3 Å². The van der Waals surface area contributed by atoms with Gasteiger partial charge in [-0.2, -0.15) is 0 Å². The Morgan fingerprint density at radius 2 is 1.33 bits per heavy atom. The zero-order valence-corrected chi connectivity index (χ0v) is 17.3. The highest BCUT2D eigenvalue weighted by atomic mass is 28.3. The molecule has 1 aliphatic heterocycles. The van der Waals surface area contributed by atoms with Gasteiger partial charge in [0.15, 0.2) is 0 Å². The lowest BCUT2D eigenvalue weighted by atomic mass is 9.63. The smallest absolute Gasteiger partial charge is 0.403 e. The highest BCUT2D eigenvalue weighted by Gasteiger charge is 2.64. The zero-order chi connectivity index (χ0) is 17.6. The molecule has 1 aromatic rings. The second-order valence-electron chi connectivity index (χ2n) is 9.30. The van der Waals surface area contributed by atoms with Crippen LogP contribution in [0.25, 0.3) is 0 Å². The quantitative estimate of drug-likeness (QED) is 0.723. The Labute approximate surface area is 149 Å². The summed E-state index contributed by atoms with van der Waals surface area (Å²) in [6, 6.07) is 11.1. The molecule has 0 bridgehead atoms. The molecule has 0 amide bonds. The Morgan fingerprint density at radius 3 is 1.83 bits per heavy atom. The lowest BCUT2D eigenvalue weighted by molar-refractivity contribution is 0.00578. The van der Waals surface area contributed by atoms with E-state index < -0.39 is 8.07 Å². The van der Waals surface area contributed by atoms with Gasteiger partial charge in [0.2, 0.25) is 0 Å². The van der Waals surface area contributed by atoms with E-state index in [4.69, 9.17) is 9.31 Å². The molecule has 1 aliphatic carbocycles. The maximum Gasteiger partial charge on any atom is 0.461 e. The average molecular weight is 344 g/mol. The van der Waals surface area contributed by atoms with Crippen molar-refractivity contribution >= 4 is 20.4 Å². The van der Waals surface area contributed by atoms with Gasteiger partial charge in [0.05, 0.1) is 19.3 Å². The van der Waals surface area contributed by atoms with Gasteiger partial charge in [0.1, 0.15) is 0 Å². The summed E-state index contributed by atoms with van der Waals surface area (Å²) in [5.41, 5.74) is -0.493. The summed E-state index contributed by atoms with van der Waals surface area (Å²) in [5.74, 6) is 0. The van der Waals surface area contributed by atoms with E-state index in [1.54, 1.807) is 0 Å². The summed E-state index contributed by atoms with van der Waals surface area (Å²) in [4.78, 5) is 0.164. The van der Waals surface area contributed by atoms with Gasteiger partial charge in [0, 0.05) is 4.94 Å². The first-order chi connectivity index (χ1) is 11.1. The Hall–Kier alpha value is -0.578. The van der Waals surface area contributed by atoms with Crippen LogP contribution < -0.4 is 5.19 Å². The van der Waals surface area contributed by atoms with Gasteiger partial charge in [-0.1, -0.05) is 80.7 Å². The molecule has 2 fully saturated rings. The second-order valence-corrected chi connectivity index (χ2v) is 14.1. The van der Waals surface area contributed by atoms with Crippen molar-refractivity contribution in [3.8, 4) is 0 Å². The van der Waals surface area contributed by atoms with E-state index in [1.165, 1.54) is 37.3 Å². The van der Waals surface area contributed by atoms with E-state index in [1.807, 2.05) is 0 Å². The van der Waals surface area contributed by atoms with E-state index in [0.717, 1.165) is 0 Å². The topological polar surface area (TPSA) is 18.5 Å². The van der Waals surface area contributed by atoms with Crippen LogP contribution in [0.5, 0.6) is 0 Å². The number of hydrogen-bond donors (Lipinski definition) is 0. The highest BCUT2D eigenvalue weighted by molar-refractivity contribution is 6.99. The molecule has 1 saturated carbocycles. The summed E-state index contributed by atoms with van der Waals surface area (Å²) in [7, 11) is -1.85. The molecule has 2 nitrogen and oxygen atoms in total. The van der Waals surface area contributed by atoms with Crippen LogP contribution in [0.15, 0.2) is 30.3 Å². The van der Waals surface area contributed by atoms with Gasteiger partial charge >= 0.3 is 7.12 Å². The van der Waals surface area contributed by atoms with Gasteiger partial charge in [0.25, 0.3) is 0 Å². The molecule has 1 heterocycles. The SMILES string of the molecule is CC1(C)OB(C2([Si](C)(C)c3ccccc3)CCCCC2)OC1(C)C. The fourth-order valence-corrected chi connectivity index (χ4v) is 8.46. The van der Waals surface area contributed by atoms with Crippen molar-refractivity contribution in [2.45, 2.75) is 89.0 Å². The Kier molecular flexibility index (Phi) is 4.55. The summed E-state index contributed by atoms with van der Waals surface area (Å²) in [6.45, 7) is 13.8. The molecular weight excluding hydrogens is 311 g/mol. The minimum Gasteiger partial charge on any atom is -0.403 e. The highest BCUT2D eigenvalue weighted by Crippen LogP contribution is 2.57. The molecule has 0 unspecified atom stereocenters. The normalized spacial score (nSPS) is 25.7. The molecule has 3 rings (SSSR count). The van der Waals surface area contributed by atoms with Gasteiger partial charge in [-0.25, -0.2) is 0 Å². The lowest BCUT2D eigenvalue weighted by Gasteiger charge is -2.49. The predicted octanol–water partition coefficient (Wildman–Crippen LogP) is 4.94. The molecule has 0 aromatic heterocycles. The Balaban J connectivity index is 2.03. The van der Waals surface area contributed by atoms with Crippen molar-refractivity contribution in [1.82, 2.24) is 0 Å². The first-order valence-electron chi connectivity index (χ1n) is 9.54. The third-order valence-electron chi connectivity index (χ3n) is 7.19. The first kappa shape index (κ1) is 18.2. The maximum absolute atomic E-state index is 6.63. The predicted molar refractivity (Wildman–Crippen MR) is 105 cm³/mol. The fraction of sp³-hybridized carbons (Fsp3) is 0.700. The molecule has 2 aliphatic rings. The van der Waals surface area contributed by atoms with E-state index in [2.05, 4.69) is 71.1 Å². The van der Waals surface area contributed by atoms with E-state index in [9.17, 15) is 0 Å². The summed E-state index contributed by atoms with van der Waals surface area (Å²) >= 11 is 0. The minimum atomic E-state index is -1.77. The molecule has 0 N–H and O–H groups in total. The van der Waals surface area contributed by atoms with Crippen LogP contribution in [0.3, 0.4) is 0 Å². The van der Waals surface area contributed by atoms with E-state index >= 15 is 0 Å². The molecular formula is C20H33BO2Si. The van der Waals surface area contributed by atoms with Crippen LogP contribution in [-0.2, 0) is 9.31 Å². The third kappa shape index (κ3) is 2.71. The Morgan fingerprint density at radius 1 is 0.833 bits per heavy atom. The molecule has 132 valence electrons. The minimum absolute atomic E-state index is 0.0790. The van der Waals surface area contributed by atoms with Crippen LogP contribution in [0, 0.1) is 0 Å². The van der Waals surface area contributed by atoms with Crippen molar-refractivity contribution in [3.63, 3.8) is 0 Å². The molecule has 24 heavy (non-hydrogen) atoms. The van der Waals surface area contributed by atoms with Crippen molar-refractivity contribution < 1.29 is 9.31 Å². The van der Waals surface area contributed by atoms with Crippen LogP contribution in [0.4, 0.5) is 0 Å².